The highest BCUT2D eigenvalue weighted by Gasteiger charge is 2.03. The summed E-state index contributed by atoms with van der Waals surface area (Å²) in [6.07, 6.45) is 1.09. The summed E-state index contributed by atoms with van der Waals surface area (Å²) in [6, 6.07) is 8.18. The first kappa shape index (κ1) is 16.4. The van der Waals surface area contributed by atoms with Crippen LogP contribution in [0.4, 0.5) is 5.69 Å². The van der Waals surface area contributed by atoms with E-state index in [0.29, 0.717) is 30.4 Å². The zero-order valence-electron chi connectivity index (χ0n) is 12.2. The first-order valence-corrected chi connectivity index (χ1v) is 7.15. The molecule has 1 aromatic carbocycles. The van der Waals surface area contributed by atoms with Gasteiger partial charge in [-0.15, -0.1) is 0 Å². The Morgan fingerprint density at radius 1 is 1.40 bits per heavy atom. The highest BCUT2D eigenvalue weighted by Crippen LogP contribution is 2.18. The van der Waals surface area contributed by atoms with E-state index in [4.69, 9.17) is 12.2 Å². The topological polar surface area (TPSA) is 50.4 Å². The second-order valence-corrected chi connectivity index (χ2v) is 5.25. The van der Waals surface area contributed by atoms with Crippen molar-refractivity contribution >= 4 is 29.0 Å². The second kappa shape index (κ2) is 8.53. The van der Waals surface area contributed by atoms with Gasteiger partial charge in [-0.2, -0.15) is 0 Å². The van der Waals surface area contributed by atoms with E-state index in [1.807, 2.05) is 12.1 Å². The van der Waals surface area contributed by atoms with Crippen LogP contribution in [-0.4, -0.2) is 24.7 Å². The third-order valence-electron chi connectivity index (χ3n) is 2.88. The maximum absolute atomic E-state index is 11.0. The molecule has 1 rings (SSSR count). The summed E-state index contributed by atoms with van der Waals surface area (Å²) in [6.45, 7) is 4.95. The zero-order valence-corrected chi connectivity index (χ0v) is 13.0. The van der Waals surface area contributed by atoms with Crippen LogP contribution >= 0.6 is 12.2 Å². The van der Waals surface area contributed by atoms with Crippen LogP contribution in [0.15, 0.2) is 24.3 Å². The molecule has 0 aliphatic heterocycles. The van der Waals surface area contributed by atoms with Crippen LogP contribution < -0.4 is 10.6 Å². The molecule has 0 saturated carbocycles. The molecule has 0 bridgehead atoms. The Kier molecular flexibility index (Phi) is 7.01. The number of anilines is 1. The van der Waals surface area contributed by atoms with E-state index in [-0.39, 0.29) is 5.97 Å². The van der Waals surface area contributed by atoms with Gasteiger partial charge in [0.1, 0.15) is 0 Å². The number of hydrogen-bond donors (Lipinski definition) is 2. The van der Waals surface area contributed by atoms with E-state index in [9.17, 15) is 4.79 Å². The molecule has 0 aliphatic carbocycles. The maximum Gasteiger partial charge on any atom is 0.305 e. The summed E-state index contributed by atoms with van der Waals surface area (Å²) >= 11 is 5.21. The maximum atomic E-state index is 11.0. The number of benzene rings is 1. The van der Waals surface area contributed by atoms with E-state index in [0.717, 1.165) is 5.69 Å². The number of carbonyl (C=O) groups excluding carboxylic acids is 1. The van der Waals surface area contributed by atoms with Gasteiger partial charge in [0.25, 0.3) is 0 Å². The first-order valence-electron chi connectivity index (χ1n) is 6.74. The molecule has 0 radical (unpaired) electrons. The lowest BCUT2D eigenvalue weighted by atomic mass is 10.0. The van der Waals surface area contributed by atoms with E-state index in [2.05, 4.69) is 41.4 Å². The number of methoxy groups -OCH3 is 1. The average molecular weight is 294 g/mol. The Morgan fingerprint density at radius 3 is 2.80 bits per heavy atom. The highest BCUT2D eigenvalue weighted by molar-refractivity contribution is 7.80. The van der Waals surface area contributed by atoms with Crippen LogP contribution in [0.1, 0.15) is 38.2 Å². The summed E-state index contributed by atoms with van der Waals surface area (Å²) in [7, 11) is 1.39. The van der Waals surface area contributed by atoms with Crippen molar-refractivity contribution in [2.24, 2.45) is 0 Å². The lowest BCUT2D eigenvalue weighted by molar-refractivity contribution is -0.140. The normalized spacial score (nSPS) is 10.2. The van der Waals surface area contributed by atoms with Gasteiger partial charge in [0.15, 0.2) is 5.11 Å². The zero-order chi connectivity index (χ0) is 15.0. The quantitative estimate of drug-likeness (QED) is 0.480. The molecule has 0 heterocycles. The van der Waals surface area contributed by atoms with Gasteiger partial charge in [-0.25, -0.2) is 0 Å². The highest BCUT2D eigenvalue weighted by atomic mass is 32.1. The van der Waals surface area contributed by atoms with Gasteiger partial charge in [-0.1, -0.05) is 26.0 Å². The number of carbonyl (C=O) groups is 1. The molecule has 0 fully saturated rings. The van der Waals surface area contributed by atoms with Crippen molar-refractivity contribution < 1.29 is 9.53 Å². The van der Waals surface area contributed by atoms with Crippen molar-refractivity contribution in [2.45, 2.75) is 32.6 Å². The average Bonchev–Trinajstić information content (AvgIpc) is 2.43. The van der Waals surface area contributed by atoms with Gasteiger partial charge >= 0.3 is 5.97 Å². The standard InChI is InChI=1S/C15H22N2O2S/c1-11(2)12-6-4-7-13(10-12)17-15(20)16-9-5-8-14(18)19-3/h4,6-7,10-11H,5,8-9H2,1-3H3,(H2,16,17,20). The third kappa shape index (κ3) is 6.02. The Balaban J connectivity index is 2.35. The van der Waals surface area contributed by atoms with E-state index in [1.54, 1.807) is 0 Å². The molecule has 0 unspecified atom stereocenters. The SMILES string of the molecule is COC(=O)CCCNC(=S)Nc1cccc(C(C)C)c1. The summed E-state index contributed by atoms with van der Waals surface area (Å²) in [5.74, 6) is 0.286. The van der Waals surface area contributed by atoms with E-state index >= 15 is 0 Å². The minimum absolute atomic E-state index is 0.199. The van der Waals surface area contributed by atoms with Gasteiger partial charge in [0, 0.05) is 18.7 Å². The molecule has 110 valence electrons. The number of esters is 1. The number of thiocarbonyl (C=S) groups is 1. The van der Waals surface area contributed by atoms with Gasteiger partial charge in [-0.05, 0) is 42.3 Å². The Hall–Kier alpha value is -1.62. The molecular formula is C15H22N2O2S. The van der Waals surface area contributed by atoms with Crippen molar-refractivity contribution in [3.8, 4) is 0 Å². The Bertz CT molecular complexity index is 461. The van der Waals surface area contributed by atoms with E-state index in [1.165, 1.54) is 12.7 Å². The molecular weight excluding hydrogens is 272 g/mol. The molecule has 1 aromatic rings. The molecule has 0 spiro atoms. The van der Waals surface area contributed by atoms with Crippen LogP contribution in [0, 0.1) is 0 Å². The van der Waals surface area contributed by atoms with Crippen LogP contribution in [-0.2, 0) is 9.53 Å². The van der Waals surface area contributed by atoms with Gasteiger partial charge in [0.05, 0.1) is 7.11 Å². The predicted molar refractivity (Wildman–Crippen MR) is 86.0 cm³/mol. The predicted octanol–water partition coefficient (Wildman–Crippen LogP) is 3.05. The Morgan fingerprint density at radius 2 is 2.15 bits per heavy atom. The van der Waals surface area contributed by atoms with Gasteiger partial charge in [0.2, 0.25) is 0 Å². The van der Waals surface area contributed by atoms with Gasteiger partial charge in [-0.3, -0.25) is 4.79 Å². The minimum Gasteiger partial charge on any atom is -0.469 e. The summed E-state index contributed by atoms with van der Waals surface area (Å²) in [5.41, 5.74) is 2.24. The van der Waals surface area contributed by atoms with Crippen molar-refractivity contribution in [1.29, 1.82) is 0 Å². The fourth-order valence-corrected chi connectivity index (χ4v) is 1.91. The van der Waals surface area contributed by atoms with Crippen LogP contribution in [0.2, 0.25) is 0 Å². The van der Waals surface area contributed by atoms with Gasteiger partial charge < -0.3 is 15.4 Å². The van der Waals surface area contributed by atoms with Crippen molar-refractivity contribution in [1.82, 2.24) is 5.32 Å². The summed E-state index contributed by atoms with van der Waals surface area (Å²) in [5, 5.41) is 6.78. The third-order valence-corrected chi connectivity index (χ3v) is 3.13. The largest absolute Gasteiger partial charge is 0.469 e. The van der Waals surface area contributed by atoms with Crippen LogP contribution in [0.3, 0.4) is 0 Å². The van der Waals surface area contributed by atoms with Crippen LogP contribution in [0.25, 0.3) is 0 Å². The molecule has 2 N–H and O–H groups in total. The second-order valence-electron chi connectivity index (χ2n) is 4.84. The van der Waals surface area contributed by atoms with Crippen molar-refractivity contribution in [2.75, 3.05) is 19.0 Å². The summed E-state index contributed by atoms with van der Waals surface area (Å²) < 4.78 is 4.57. The lowest BCUT2D eigenvalue weighted by Crippen LogP contribution is -2.29. The molecule has 4 nitrogen and oxygen atoms in total. The molecule has 0 saturated heterocycles. The molecule has 0 atom stereocenters. The minimum atomic E-state index is -0.199. The Labute approximate surface area is 125 Å². The lowest BCUT2D eigenvalue weighted by Gasteiger charge is -2.12. The van der Waals surface area contributed by atoms with Crippen molar-refractivity contribution in [3.63, 3.8) is 0 Å². The fraction of sp³-hybridized carbons (Fsp3) is 0.467. The number of nitrogens with one attached hydrogen (secondary N) is 2. The van der Waals surface area contributed by atoms with Crippen molar-refractivity contribution in [3.05, 3.63) is 29.8 Å². The first-order chi connectivity index (χ1) is 9.52. The molecule has 5 heteroatoms. The summed E-state index contributed by atoms with van der Waals surface area (Å²) in [4.78, 5) is 11.0. The molecule has 0 aliphatic rings. The van der Waals surface area contributed by atoms with Crippen LogP contribution in [0.5, 0.6) is 0 Å². The van der Waals surface area contributed by atoms with E-state index < -0.39 is 0 Å². The number of rotatable bonds is 6. The molecule has 0 aromatic heterocycles. The smallest absolute Gasteiger partial charge is 0.305 e. The number of hydrogen-bond acceptors (Lipinski definition) is 3. The monoisotopic (exact) mass is 294 g/mol. The molecule has 20 heavy (non-hydrogen) atoms. The fourth-order valence-electron chi connectivity index (χ4n) is 1.69. The number of ether oxygens (including phenoxy) is 1. The molecule has 0 amide bonds.